The van der Waals surface area contributed by atoms with Crippen LogP contribution in [0.1, 0.15) is 19.3 Å². The summed E-state index contributed by atoms with van der Waals surface area (Å²) in [6.07, 6.45) is 3.58. The Balaban J connectivity index is 1.85. The minimum absolute atomic E-state index is 0.188. The van der Waals surface area contributed by atoms with Crippen LogP contribution >= 0.6 is 0 Å². The van der Waals surface area contributed by atoms with E-state index in [1.807, 2.05) is 24.3 Å². The summed E-state index contributed by atoms with van der Waals surface area (Å²) >= 11 is 0. The molecule has 1 aliphatic carbocycles. The predicted molar refractivity (Wildman–Crippen MR) is 64.8 cm³/mol. The van der Waals surface area contributed by atoms with E-state index >= 15 is 0 Å². The van der Waals surface area contributed by atoms with Crippen LogP contribution in [0.4, 0.5) is 0 Å². The molecule has 0 radical (unpaired) electrons. The van der Waals surface area contributed by atoms with Crippen LogP contribution in [0.25, 0.3) is 11.0 Å². The van der Waals surface area contributed by atoms with Crippen LogP contribution in [-0.4, -0.2) is 17.8 Å². The van der Waals surface area contributed by atoms with Gasteiger partial charge in [-0.15, -0.1) is 0 Å². The average Bonchev–Trinajstić information content (AvgIpc) is 2.97. The molecule has 0 saturated heterocycles. The largest absolute Gasteiger partial charge is 0.471 e. The van der Waals surface area contributed by atoms with Gasteiger partial charge in [0.15, 0.2) is 5.58 Å². The van der Waals surface area contributed by atoms with Crippen molar-refractivity contribution in [3.05, 3.63) is 24.3 Å². The fourth-order valence-corrected chi connectivity index (χ4v) is 2.52. The normalized spacial score (nSPS) is 24.3. The Morgan fingerprint density at radius 1 is 1.35 bits per heavy atom. The van der Waals surface area contributed by atoms with E-state index in [0.29, 0.717) is 18.3 Å². The molecule has 1 aliphatic rings. The number of benzene rings is 1. The molecule has 17 heavy (non-hydrogen) atoms. The van der Waals surface area contributed by atoms with Gasteiger partial charge in [-0.2, -0.15) is 0 Å². The Hall–Kier alpha value is -1.55. The summed E-state index contributed by atoms with van der Waals surface area (Å²) in [5.74, 6) is 1.05. The van der Waals surface area contributed by atoms with E-state index in [0.717, 1.165) is 23.8 Å². The molecule has 0 spiro atoms. The van der Waals surface area contributed by atoms with E-state index < -0.39 is 0 Å². The number of fused-ring (bicyclic) bond motifs is 1. The van der Waals surface area contributed by atoms with E-state index in [1.54, 1.807) is 0 Å². The summed E-state index contributed by atoms with van der Waals surface area (Å²) in [6.45, 7) is 0.681. The molecule has 2 N–H and O–H groups in total. The molecular weight excluding hydrogens is 216 g/mol. The maximum absolute atomic E-state index is 5.95. The molecule has 1 heterocycles. The van der Waals surface area contributed by atoms with Gasteiger partial charge in [0.25, 0.3) is 5.88 Å². The van der Waals surface area contributed by atoms with Crippen LogP contribution in [0.2, 0.25) is 0 Å². The number of hydrogen-bond donors (Lipinski definition) is 1. The van der Waals surface area contributed by atoms with Gasteiger partial charge in [0, 0.05) is 5.92 Å². The predicted octanol–water partition coefficient (Wildman–Crippen LogP) is 2.33. The monoisotopic (exact) mass is 232 g/mol. The first-order valence-corrected chi connectivity index (χ1v) is 6.09. The Kier molecular flexibility index (Phi) is 2.73. The van der Waals surface area contributed by atoms with Crippen LogP contribution < -0.4 is 10.5 Å². The molecule has 1 aromatic carbocycles. The Labute approximate surface area is 99.7 Å². The van der Waals surface area contributed by atoms with Crippen molar-refractivity contribution in [3.8, 4) is 5.88 Å². The third-order valence-corrected chi connectivity index (χ3v) is 3.50. The zero-order chi connectivity index (χ0) is 11.7. The van der Waals surface area contributed by atoms with Crippen molar-refractivity contribution in [1.82, 2.24) is 5.16 Å². The number of nitrogens with two attached hydrogens (primary N) is 1. The summed E-state index contributed by atoms with van der Waals surface area (Å²) < 4.78 is 11.2. The van der Waals surface area contributed by atoms with Crippen molar-refractivity contribution in [3.63, 3.8) is 0 Å². The fourth-order valence-electron chi connectivity index (χ4n) is 2.52. The van der Waals surface area contributed by atoms with Gasteiger partial charge in [-0.05, 0) is 43.1 Å². The van der Waals surface area contributed by atoms with E-state index in [9.17, 15) is 0 Å². The van der Waals surface area contributed by atoms with Gasteiger partial charge in [0.1, 0.15) is 6.10 Å². The van der Waals surface area contributed by atoms with Gasteiger partial charge in [0.2, 0.25) is 0 Å². The lowest BCUT2D eigenvalue weighted by molar-refractivity contribution is 0.150. The molecule has 1 aromatic heterocycles. The number of aromatic nitrogens is 1. The summed E-state index contributed by atoms with van der Waals surface area (Å²) in [5, 5.41) is 4.93. The van der Waals surface area contributed by atoms with Gasteiger partial charge in [-0.3, -0.25) is 0 Å². The molecule has 3 rings (SSSR count). The third kappa shape index (κ3) is 1.89. The molecule has 2 unspecified atom stereocenters. The molecule has 90 valence electrons. The Morgan fingerprint density at radius 2 is 2.24 bits per heavy atom. The highest BCUT2D eigenvalue weighted by molar-refractivity contribution is 5.81. The van der Waals surface area contributed by atoms with E-state index in [-0.39, 0.29) is 6.10 Å². The number of ether oxygens (including phenoxy) is 1. The molecule has 4 heteroatoms. The molecule has 1 fully saturated rings. The van der Waals surface area contributed by atoms with E-state index in [1.165, 1.54) is 6.42 Å². The second kappa shape index (κ2) is 4.37. The molecule has 4 nitrogen and oxygen atoms in total. The molecule has 0 amide bonds. The number of nitrogens with zero attached hydrogens (tertiary/aromatic N) is 1. The standard InChI is InChI=1S/C13H16N2O2/c14-8-9-4-3-7-11(9)16-13-10-5-1-2-6-12(10)17-15-13/h1-2,5-6,9,11H,3-4,7-8,14H2. The van der Waals surface area contributed by atoms with Crippen molar-refractivity contribution < 1.29 is 9.26 Å². The highest BCUT2D eigenvalue weighted by Gasteiger charge is 2.29. The third-order valence-electron chi connectivity index (χ3n) is 3.50. The van der Waals surface area contributed by atoms with Crippen LogP contribution in [0.3, 0.4) is 0 Å². The van der Waals surface area contributed by atoms with E-state index in [2.05, 4.69) is 5.16 Å². The van der Waals surface area contributed by atoms with Gasteiger partial charge in [-0.25, -0.2) is 0 Å². The quantitative estimate of drug-likeness (QED) is 0.882. The number of rotatable bonds is 3. The van der Waals surface area contributed by atoms with Crippen molar-refractivity contribution in [2.45, 2.75) is 25.4 Å². The molecule has 2 aromatic rings. The first-order chi connectivity index (χ1) is 8.38. The first-order valence-electron chi connectivity index (χ1n) is 6.09. The van der Waals surface area contributed by atoms with Gasteiger partial charge in [-0.1, -0.05) is 12.1 Å². The van der Waals surface area contributed by atoms with Crippen molar-refractivity contribution >= 4 is 11.0 Å². The topological polar surface area (TPSA) is 61.3 Å². The average molecular weight is 232 g/mol. The molecular formula is C13H16N2O2. The maximum Gasteiger partial charge on any atom is 0.262 e. The lowest BCUT2D eigenvalue weighted by atomic mass is 10.1. The first kappa shape index (κ1) is 10.6. The van der Waals surface area contributed by atoms with Gasteiger partial charge < -0.3 is 15.0 Å². The number of para-hydroxylation sites is 1. The second-order valence-electron chi connectivity index (χ2n) is 4.57. The fraction of sp³-hybridized carbons (Fsp3) is 0.462. The highest BCUT2D eigenvalue weighted by atomic mass is 16.5. The van der Waals surface area contributed by atoms with Crippen LogP contribution in [-0.2, 0) is 0 Å². The van der Waals surface area contributed by atoms with Crippen molar-refractivity contribution in [1.29, 1.82) is 0 Å². The summed E-state index contributed by atoms with van der Waals surface area (Å²) in [6, 6.07) is 7.74. The van der Waals surface area contributed by atoms with Crippen molar-refractivity contribution in [2.75, 3.05) is 6.54 Å². The van der Waals surface area contributed by atoms with Gasteiger partial charge in [0.05, 0.1) is 5.39 Å². The minimum atomic E-state index is 0.188. The van der Waals surface area contributed by atoms with Crippen LogP contribution in [0, 0.1) is 5.92 Å². The molecule has 2 atom stereocenters. The summed E-state index contributed by atoms with van der Waals surface area (Å²) in [4.78, 5) is 0. The van der Waals surface area contributed by atoms with Gasteiger partial charge >= 0.3 is 0 Å². The Bertz CT molecular complexity index is 509. The zero-order valence-corrected chi connectivity index (χ0v) is 9.63. The lowest BCUT2D eigenvalue weighted by Gasteiger charge is -2.17. The summed E-state index contributed by atoms with van der Waals surface area (Å²) in [7, 11) is 0. The van der Waals surface area contributed by atoms with E-state index in [4.69, 9.17) is 15.0 Å². The molecule has 1 saturated carbocycles. The lowest BCUT2D eigenvalue weighted by Crippen LogP contribution is -2.27. The SMILES string of the molecule is NCC1CCCC1Oc1noc2ccccc12. The van der Waals surface area contributed by atoms with Crippen LogP contribution in [0.15, 0.2) is 28.8 Å². The molecule has 0 bridgehead atoms. The minimum Gasteiger partial charge on any atom is -0.471 e. The smallest absolute Gasteiger partial charge is 0.262 e. The molecule has 0 aliphatic heterocycles. The number of hydrogen-bond acceptors (Lipinski definition) is 4. The van der Waals surface area contributed by atoms with Crippen molar-refractivity contribution in [2.24, 2.45) is 11.7 Å². The highest BCUT2D eigenvalue weighted by Crippen LogP contribution is 2.32. The Morgan fingerprint density at radius 3 is 3.12 bits per heavy atom. The zero-order valence-electron chi connectivity index (χ0n) is 9.63. The summed E-state index contributed by atoms with van der Waals surface area (Å²) in [5.41, 5.74) is 6.51. The maximum atomic E-state index is 5.95. The van der Waals surface area contributed by atoms with Crippen LogP contribution in [0.5, 0.6) is 5.88 Å². The second-order valence-corrected chi connectivity index (χ2v) is 4.57.